The van der Waals surface area contributed by atoms with Gasteiger partial charge in [0.2, 0.25) is 0 Å². The maximum absolute atomic E-state index is 11.3. The summed E-state index contributed by atoms with van der Waals surface area (Å²) in [5.41, 5.74) is 8.45. The van der Waals surface area contributed by atoms with Gasteiger partial charge in [-0.3, -0.25) is 15.1 Å². The number of morpholine rings is 1. The lowest BCUT2D eigenvalue weighted by Crippen LogP contribution is -2.36. The Morgan fingerprint density at radius 2 is 2.09 bits per heavy atom. The fraction of sp³-hybridized carbons (Fsp3) is 0.312. The van der Waals surface area contributed by atoms with Crippen LogP contribution in [-0.2, 0) is 4.74 Å². The summed E-state index contributed by atoms with van der Waals surface area (Å²) in [5.74, 6) is 0. The van der Waals surface area contributed by atoms with Crippen LogP contribution >= 0.6 is 0 Å². The number of hydrogen-bond acceptors (Lipinski definition) is 6. The molecule has 120 valence electrons. The third-order valence-corrected chi connectivity index (χ3v) is 3.96. The van der Waals surface area contributed by atoms with E-state index in [1.807, 2.05) is 6.07 Å². The van der Waals surface area contributed by atoms with Crippen LogP contribution < -0.4 is 10.6 Å². The van der Waals surface area contributed by atoms with Crippen LogP contribution in [0.4, 0.5) is 11.4 Å². The minimum absolute atomic E-state index is 0.0263. The average Bonchev–Trinajstić information content (AvgIpc) is 2.62. The lowest BCUT2D eigenvalue weighted by Gasteiger charge is -2.29. The summed E-state index contributed by atoms with van der Waals surface area (Å²) in [6, 6.07) is 8.10. The van der Waals surface area contributed by atoms with Crippen LogP contribution in [0.2, 0.25) is 0 Å². The van der Waals surface area contributed by atoms with Crippen molar-refractivity contribution in [3.8, 4) is 0 Å². The molecule has 1 atom stereocenters. The number of pyridine rings is 1. The maximum Gasteiger partial charge on any atom is 0.274 e. The van der Waals surface area contributed by atoms with Crippen molar-refractivity contribution in [3.63, 3.8) is 0 Å². The topological polar surface area (TPSA) is 94.5 Å². The van der Waals surface area contributed by atoms with Crippen molar-refractivity contribution in [2.75, 3.05) is 31.2 Å². The van der Waals surface area contributed by atoms with E-state index >= 15 is 0 Å². The van der Waals surface area contributed by atoms with Gasteiger partial charge in [0.05, 0.1) is 29.7 Å². The van der Waals surface area contributed by atoms with E-state index < -0.39 is 11.0 Å². The van der Waals surface area contributed by atoms with Crippen LogP contribution in [0.3, 0.4) is 0 Å². The standard InChI is InChI=1S/C16H18N4O3/c17-16(12-2-1-5-18-11-12)14-10-13(3-4-15(14)20(21)22)19-6-8-23-9-7-19/h1-5,10-11,16H,6-9,17H2. The molecule has 1 unspecified atom stereocenters. The van der Waals surface area contributed by atoms with Gasteiger partial charge in [0.1, 0.15) is 0 Å². The predicted molar refractivity (Wildman–Crippen MR) is 86.4 cm³/mol. The molecule has 0 bridgehead atoms. The molecule has 1 aromatic carbocycles. The highest BCUT2D eigenvalue weighted by molar-refractivity contribution is 5.58. The molecule has 0 aliphatic carbocycles. The van der Waals surface area contributed by atoms with Gasteiger partial charge in [0, 0.05) is 37.2 Å². The van der Waals surface area contributed by atoms with Crippen LogP contribution in [0, 0.1) is 10.1 Å². The number of ether oxygens (including phenoxy) is 1. The summed E-state index contributed by atoms with van der Waals surface area (Å²) < 4.78 is 5.35. The zero-order valence-electron chi connectivity index (χ0n) is 12.6. The molecular formula is C16H18N4O3. The Kier molecular flexibility index (Phi) is 4.50. The van der Waals surface area contributed by atoms with Crippen LogP contribution in [0.25, 0.3) is 0 Å². The number of nitrogens with two attached hydrogens (primary N) is 1. The average molecular weight is 314 g/mol. The van der Waals surface area contributed by atoms with E-state index in [-0.39, 0.29) is 5.69 Å². The fourth-order valence-electron chi connectivity index (χ4n) is 2.72. The molecular weight excluding hydrogens is 296 g/mol. The van der Waals surface area contributed by atoms with Gasteiger partial charge >= 0.3 is 0 Å². The smallest absolute Gasteiger partial charge is 0.274 e. The van der Waals surface area contributed by atoms with Gasteiger partial charge in [-0.15, -0.1) is 0 Å². The molecule has 0 spiro atoms. The normalized spacial score (nSPS) is 16.1. The van der Waals surface area contributed by atoms with E-state index in [9.17, 15) is 10.1 Å². The molecule has 1 aromatic heterocycles. The van der Waals surface area contributed by atoms with E-state index in [1.165, 1.54) is 6.07 Å². The largest absolute Gasteiger partial charge is 0.378 e. The lowest BCUT2D eigenvalue weighted by molar-refractivity contribution is -0.385. The first kappa shape index (κ1) is 15.4. The summed E-state index contributed by atoms with van der Waals surface area (Å²) >= 11 is 0. The van der Waals surface area contributed by atoms with Gasteiger partial charge in [-0.25, -0.2) is 0 Å². The molecule has 7 nitrogen and oxygen atoms in total. The first-order valence-electron chi connectivity index (χ1n) is 7.43. The van der Waals surface area contributed by atoms with Crippen molar-refractivity contribution < 1.29 is 9.66 Å². The third-order valence-electron chi connectivity index (χ3n) is 3.96. The maximum atomic E-state index is 11.3. The van der Waals surface area contributed by atoms with Crippen molar-refractivity contribution >= 4 is 11.4 Å². The first-order chi connectivity index (χ1) is 11.2. The molecule has 0 radical (unpaired) electrons. The Balaban J connectivity index is 1.99. The number of nitro groups is 1. The molecule has 1 aliphatic heterocycles. The second-order valence-corrected chi connectivity index (χ2v) is 5.36. The van der Waals surface area contributed by atoms with Crippen molar-refractivity contribution in [2.24, 2.45) is 5.73 Å². The second kappa shape index (κ2) is 6.72. The monoisotopic (exact) mass is 314 g/mol. The number of anilines is 1. The third kappa shape index (κ3) is 3.30. The van der Waals surface area contributed by atoms with Crippen LogP contribution in [0.5, 0.6) is 0 Å². The summed E-state index contributed by atoms with van der Waals surface area (Å²) in [5, 5.41) is 11.3. The highest BCUT2D eigenvalue weighted by Crippen LogP contribution is 2.32. The Morgan fingerprint density at radius 3 is 2.74 bits per heavy atom. The Morgan fingerprint density at radius 1 is 1.30 bits per heavy atom. The van der Waals surface area contributed by atoms with Crippen LogP contribution in [0.15, 0.2) is 42.7 Å². The zero-order valence-corrected chi connectivity index (χ0v) is 12.6. The Hall–Kier alpha value is -2.51. The highest BCUT2D eigenvalue weighted by Gasteiger charge is 2.23. The minimum Gasteiger partial charge on any atom is -0.378 e. The summed E-state index contributed by atoms with van der Waals surface area (Å²) in [4.78, 5) is 17.1. The second-order valence-electron chi connectivity index (χ2n) is 5.36. The number of benzene rings is 1. The number of nitrogens with zero attached hydrogens (tertiary/aromatic N) is 3. The SMILES string of the molecule is NC(c1cccnc1)c1cc(N2CCOCC2)ccc1[N+](=O)[O-]. The van der Waals surface area contributed by atoms with Crippen molar-refractivity contribution in [1.29, 1.82) is 0 Å². The van der Waals surface area contributed by atoms with Crippen molar-refractivity contribution in [1.82, 2.24) is 4.98 Å². The zero-order chi connectivity index (χ0) is 16.2. The molecule has 1 fully saturated rings. The summed E-state index contributed by atoms with van der Waals surface area (Å²) in [6.07, 6.45) is 3.28. The van der Waals surface area contributed by atoms with Crippen LogP contribution in [-0.4, -0.2) is 36.2 Å². The van der Waals surface area contributed by atoms with E-state index in [0.29, 0.717) is 18.8 Å². The number of aromatic nitrogens is 1. The summed E-state index contributed by atoms with van der Waals surface area (Å²) in [6.45, 7) is 2.83. The molecule has 3 rings (SSSR count). The van der Waals surface area contributed by atoms with E-state index in [1.54, 1.807) is 30.6 Å². The highest BCUT2D eigenvalue weighted by atomic mass is 16.6. The molecule has 7 heteroatoms. The fourth-order valence-corrected chi connectivity index (χ4v) is 2.72. The molecule has 23 heavy (non-hydrogen) atoms. The van der Waals surface area contributed by atoms with Crippen molar-refractivity contribution in [3.05, 3.63) is 64.0 Å². The molecule has 1 saturated heterocycles. The quantitative estimate of drug-likeness (QED) is 0.684. The van der Waals surface area contributed by atoms with Crippen molar-refractivity contribution in [2.45, 2.75) is 6.04 Å². The van der Waals surface area contributed by atoms with E-state index in [2.05, 4.69) is 9.88 Å². The predicted octanol–water partition coefficient (Wildman–Crippen LogP) is 1.87. The molecule has 1 aliphatic rings. The first-order valence-corrected chi connectivity index (χ1v) is 7.43. The van der Waals surface area contributed by atoms with Gasteiger partial charge in [-0.1, -0.05) is 6.07 Å². The molecule has 2 N–H and O–H groups in total. The number of nitro benzene ring substituents is 1. The van der Waals surface area contributed by atoms with E-state index in [4.69, 9.17) is 10.5 Å². The molecule has 2 heterocycles. The summed E-state index contributed by atoms with van der Waals surface area (Å²) in [7, 11) is 0. The number of hydrogen-bond donors (Lipinski definition) is 1. The van der Waals surface area contributed by atoms with E-state index in [0.717, 1.165) is 24.3 Å². The molecule has 0 saturated carbocycles. The minimum atomic E-state index is -0.593. The molecule has 0 amide bonds. The Bertz CT molecular complexity index is 687. The van der Waals surface area contributed by atoms with Gasteiger partial charge in [-0.2, -0.15) is 0 Å². The van der Waals surface area contributed by atoms with Gasteiger partial charge in [0.25, 0.3) is 5.69 Å². The lowest BCUT2D eigenvalue weighted by atomic mass is 9.98. The van der Waals surface area contributed by atoms with Gasteiger partial charge in [-0.05, 0) is 23.8 Å². The number of rotatable bonds is 4. The Labute approximate surface area is 133 Å². The molecule has 2 aromatic rings. The van der Waals surface area contributed by atoms with Gasteiger partial charge in [0.15, 0.2) is 0 Å². The van der Waals surface area contributed by atoms with Crippen LogP contribution in [0.1, 0.15) is 17.2 Å². The van der Waals surface area contributed by atoms with Gasteiger partial charge < -0.3 is 15.4 Å².